The molecule has 1 saturated carbocycles. The predicted octanol–water partition coefficient (Wildman–Crippen LogP) is 2.73. The van der Waals surface area contributed by atoms with Crippen molar-refractivity contribution < 1.29 is 0 Å². The molecule has 0 spiro atoms. The van der Waals surface area contributed by atoms with Gasteiger partial charge in [-0.2, -0.15) is 5.26 Å². The first-order valence-electron chi connectivity index (χ1n) is 5.47. The first-order chi connectivity index (χ1) is 6.27. The molecule has 0 heterocycles. The van der Waals surface area contributed by atoms with Crippen LogP contribution in [0.5, 0.6) is 0 Å². The third-order valence-electron chi connectivity index (χ3n) is 2.97. The van der Waals surface area contributed by atoms with E-state index in [1.807, 2.05) is 0 Å². The minimum Gasteiger partial charge on any atom is -0.313 e. The molecule has 0 aromatic carbocycles. The summed E-state index contributed by atoms with van der Waals surface area (Å²) >= 11 is 0. The average Bonchev–Trinajstić information content (AvgIpc) is 2.16. The van der Waals surface area contributed by atoms with Gasteiger partial charge in [-0.1, -0.05) is 44.9 Å². The van der Waals surface area contributed by atoms with Crippen molar-refractivity contribution in [2.75, 3.05) is 0 Å². The maximum atomic E-state index is 8.95. The Morgan fingerprint density at radius 3 is 1.62 bits per heavy atom. The Morgan fingerprint density at radius 1 is 0.846 bits per heavy atom. The molecule has 74 valence electrons. The van der Waals surface area contributed by atoms with E-state index in [0.29, 0.717) is 0 Å². The van der Waals surface area contributed by atoms with Gasteiger partial charge in [0, 0.05) is 0 Å². The summed E-state index contributed by atoms with van der Waals surface area (Å²) in [7, 11) is 0. The SMILES string of the molecule is N#CC1(N)CCCCCCCCC1. The first-order valence-corrected chi connectivity index (χ1v) is 5.47. The Kier molecular flexibility index (Phi) is 4.24. The molecule has 1 fully saturated rings. The summed E-state index contributed by atoms with van der Waals surface area (Å²) in [6.45, 7) is 0. The predicted molar refractivity (Wildman–Crippen MR) is 54.1 cm³/mol. The van der Waals surface area contributed by atoms with E-state index in [1.54, 1.807) is 0 Å². The summed E-state index contributed by atoms with van der Waals surface area (Å²) in [5.41, 5.74) is 5.47. The average molecular weight is 180 g/mol. The molecule has 2 N–H and O–H groups in total. The van der Waals surface area contributed by atoms with Crippen molar-refractivity contribution in [1.82, 2.24) is 0 Å². The summed E-state index contributed by atoms with van der Waals surface area (Å²) in [5, 5.41) is 8.95. The standard InChI is InChI=1S/C11H20N2/c12-10-11(13)8-6-4-2-1-3-5-7-9-11/h1-9,13H2. The van der Waals surface area contributed by atoms with Gasteiger partial charge in [0.05, 0.1) is 6.07 Å². The van der Waals surface area contributed by atoms with Crippen LogP contribution in [-0.2, 0) is 0 Å². The van der Waals surface area contributed by atoms with Crippen molar-refractivity contribution in [1.29, 1.82) is 5.26 Å². The van der Waals surface area contributed by atoms with Gasteiger partial charge in [0.2, 0.25) is 0 Å². The van der Waals surface area contributed by atoms with Crippen LogP contribution >= 0.6 is 0 Å². The zero-order valence-corrected chi connectivity index (χ0v) is 8.39. The summed E-state index contributed by atoms with van der Waals surface area (Å²) in [6, 6.07) is 2.27. The van der Waals surface area contributed by atoms with Crippen LogP contribution in [0, 0.1) is 11.3 Å². The van der Waals surface area contributed by atoms with Gasteiger partial charge in [0.15, 0.2) is 0 Å². The molecule has 0 saturated heterocycles. The second kappa shape index (κ2) is 5.24. The molecule has 0 unspecified atom stereocenters. The number of nitriles is 1. The zero-order chi connectivity index (χ0) is 9.57. The monoisotopic (exact) mass is 180 g/mol. The van der Waals surface area contributed by atoms with E-state index in [4.69, 9.17) is 11.0 Å². The van der Waals surface area contributed by atoms with Gasteiger partial charge in [0.1, 0.15) is 5.54 Å². The van der Waals surface area contributed by atoms with Crippen LogP contribution in [0.3, 0.4) is 0 Å². The summed E-state index contributed by atoms with van der Waals surface area (Å²) in [6.07, 6.45) is 10.6. The third-order valence-corrected chi connectivity index (χ3v) is 2.97. The molecule has 0 atom stereocenters. The van der Waals surface area contributed by atoms with Crippen molar-refractivity contribution in [2.45, 2.75) is 63.3 Å². The van der Waals surface area contributed by atoms with Crippen molar-refractivity contribution >= 4 is 0 Å². The van der Waals surface area contributed by atoms with E-state index in [2.05, 4.69) is 6.07 Å². The van der Waals surface area contributed by atoms with Crippen LogP contribution in [0.15, 0.2) is 0 Å². The van der Waals surface area contributed by atoms with Gasteiger partial charge in [-0.05, 0) is 12.8 Å². The fraction of sp³-hybridized carbons (Fsp3) is 0.909. The second-order valence-electron chi connectivity index (χ2n) is 4.24. The Bertz CT molecular complexity index is 171. The Hall–Kier alpha value is -0.550. The molecule has 13 heavy (non-hydrogen) atoms. The quantitative estimate of drug-likeness (QED) is 0.623. The Morgan fingerprint density at radius 2 is 1.23 bits per heavy atom. The topological polar surface area (TPSA) is 49.8 Å². The molecule has 0 bridgehead atoms. The largest absolute Gasteiger partial charge is 0.313 e. The molecule has 1 aliphatic carbocycles. The Balaban J connectivity index is 2.40. The van der Waals surface area contributed by atoms with Gasteiger partial charge in [-0.25, -0.2) is 0 Å². The molecule has 0 amide bonds. The lowest BCUT2D eigenvalue weighted by Gasteiger charge is -2.22. The molecule has 2 heteroatoms. The highest BCUT2D eigenvalue weighted by molar-refractivity contribution is 5.04. The van der Waals surface area contributed by atoms with Gasteiger partial charge in [0.25, 0.3) is 0 Å². The minimum atomic E-state index is -0.517. The van der Waals surface area contributed by atoms with E-state index in [9.17, 15) is 0 Å². The summed E-state index contributed by atoms with van der Waals surface area (Å²) in [5.74, 6) is 0. The number of rotatable bonds is 0. The van der Waals surface area contributed by atoms with Crippen LogP contribution in [0.25, 0.3) is 0 Å². The number of hydrogen-bond acceptors (Lipinski definition) is 2. The van der Waals surface area contributed by atoms with Crippen LogP contribution in [-0.4, -0.2) is 5.54 Å². The Labute approximate surface area is 81.1 Å². The molecule has 0 radical (unpaired) electrons. The van der Waals surface area contributed by atoms with Gasteiger partial charge in [-0.15, -0.1) is 0 Å². The molecule has 1 rings (SSSR count). The van der Waals surface area contributed by atoms with Crippen LogP contribution < -0.4 is 5.73 Å². The number of nitrogens with two attached hydrogens (primary N) is 1. The lowest BCUT2D eigenvalue weighted by atomic mass is 9.87. The van der Waals surface area contributed by atoms with E-state index in [-0.39, 0.29) is 0 Å². The molecule has 0 aromatic rings. The highest BCUT2D eigenvalue weighted by Crippen LogP contribution is 2.22. The highest BCUT2D eigenvalue weighted by Gasteiger charge is 2.23. The molecule has 0 aliphatic heterocycles. The fourth-order valence-corrected chi connectivity index (χ4v) is 2.00. The number of hydrogen-bond donors (Lipinski definition) is 1. The third kappa shape index (κ3) is 3.78. The van der Waals surface area contributed by atoms with E-state index < -0.39 is 5.54 Å². The van der Waals surface area contributed by atoms with Crippen molar-refractivity contribution in [2.24, 2.45) is 5.73 Å². The lowest BCUT2D eigenvalue weighted by Crippen LogP contribution is -2.38. The van der Waals surface area contributed by atoms with Gasteiger partial charge >= 0.3 is 0 Å². The maximum absolute atomic E-state index is 8.95. The highest BCUT2D eigenvalue weighted by atomic mass is 14.7. The van der Waals surface area contributed by atoms with Crippen LogP contribution in [0.4, 0.5) is 0 Å². The van der Waals surface area contributed by atoms with Gasteiger partial charge < -0.3 is 5.73 Å². The number of nitrogens with zero attached hydrogens (tertiary/aromatic N) is 1. The van der Waals surface area contributed by atoms with Crippen molar-refractivity contribution in [3.63, 3.8) is 0 Å². The fourth-order valence-electron chi connectivity index (χ4n) is 2.00. The molecule has 2 nitrogen and oxygen atoms in total. The molecular formula is C11H20N2. The first kappa shape index (κ1) is 10.5. The van der Waals surface area contributed by atoms with E-state index >= 15 is 0 Å². The van der Waals surface area contributed by atoms with Gasteiger partial charge in [-0.3, -0.25) is 0 Å². The smallest absolute Gasteiger partial charge is 0.104 e. The summed E-state index contributed by atoms with van der Waals surface area (Å²) in [4.78, 5) is 0. The van der Waals surface area contributed by atoms with Crippen molar-refractivity contribution in [3.05, 3.63) is 0 Å². The molecular weight excluding hydrogens is 160 g/mol. The normalized spacial score (nSPS) is 24.6. The summed E-state index contributed by atoms with van der Waals surface area (Å²) < 4.78 is 0. The van der Waals surface area contributed by atoms with Crippen LogP contribution in [0.2, 0.25) is 0 Å². The second-order valence-corrected chi connectivity index (χ2v) is 4.24. The molecule has 0 aromatic heterocycles. The van der Waals surface area contributed by atoms with Crippen molar-refractivity contribution in [3.8, 4) is 6.07 Å². The maximum Gasteiger partial charge on any atom is 0.104 e. The minimum absolute atomic E-state index is 0.517. The zero-order valence-electron chi connectivity index (χ0n) is 8.39. The molecule has 1 aliphatic rings. The van der Waals surface area contributed by atoms with E-state index in [0.717, 1.165) is 25.7 Å². The van der Waals surface area contributed by atoms with E-state index in [1.165, 1.54) is 32.1 Å². The van der Waals surface area contributed by atoms with Crippen LogP contribution in [0.1, 0.15) is 57.8 Å². The lowest BCUT2D eigenvalue weighted by molar-refractivity contribution is 0.397.